The van der Waals surface area contributed by atoms with Crippen molar-refractivity contribution in [3.63, 3.8) is 0 Å². The van der Waals surface area contributed by atoms with Crippen molar-refractivity contribution in [2.45, 2.75) is 26.4 Å². The predicted molar refractivity (Wildman–Crippen MR) is 78.2 cm³/mol. The molecule has 0 spiro atoms. The maximum atomic E-state index is 11.8. The summed E-state index contributed by atoms with van der Waals surface area (Å²) in [5, 5.41) is 7.11. The van der Waals surface area contributed by atoms with Crippen LogP contribution in [-0.4, -0.2) is 21.7 Å². The number of hydrogen-bond acceptors (Lipinski definition) is 3. The van der Waals surface area contributed by atoms with Crippen molar-refractivity contribution in [1.82, 2.24) is 15.1 Å². The molecule has 5 nitrogen and oxygen atoms in total. The average Bonchev–Trinajstić information content (AvgIpc) is 2.93. The Kier molecular flexibility index (Phi) is 4.53. The number of nitrogens with zero attached hydrogens (tertiary/aromatic N) is 2. The minimum Gasteiger partial charge on any atom is -0.351 e. The van der Waals surface area contributed by atoms with Crippen LogP contribution in [0, 0.1) is 5.92 Å². The second-order valence-corrected chi connectivity index (χ2v) is 5.12. The first-order chi connectivity index (χ1) is 9.58. The number of amides is 1. The van der Waals surface area contributed by atoms with Crippen molar-refractivity contribution in [2.24, 2.45) is 11.7 Å². The van der Waals surface area contributed by atoms with E-state index in [9.17, 15) is 4.79 Å². The summed E-state index contributed by atoms with van der Waals surface area (Å²) in [6.07, 6.45) is 3.64. The van der Waals surface area contributed by atoms with Gasteiger partial charge in [0.2, 0.25) is 5.91 Å². The van der Waals surface area contributed by atoms with Gasteiger partial charge in [-0.05, 0) is 18.1 Å². The molecule has 5 heteroatoms. The van der Waals surface area contributed by atoms with E-state index in [1.165, 1.54) is 0 Å². The lowest BCUT2D eigenvalue weighted by Crippen LogP contribution is -2.43. The highest BCUT2D eigenvalue weighted by molar-refractivity contribution is 5.81. The summed E-state index contributed by atoms with van der Waals surface area (Å²) in [6, 6.07) is 9.36. The zero-order valence-corrected chi connectivity index (χ0v) is 11.8. The lowest BCUT2D eigenvalue weighted by Gasteiger charge is -2.14. The summed E-state index contributed by atoms with van der Waals surface area (Å²) >= 11 is 0. The molecule has 0 bridgehead atoms. The van der Waals surface area contributed by atoms with Gasteiger partial charge in [0.15, 0.2) is 0 Å². The summed E-state index contributed by atoms with van der Waals surface area (Å²) < 4.78 is 1.78. The van der Waals surface area contributed by atoms with Gasteiger partial charge in [-0.15, -0.1) is 0 Å². The van der Waals surface area contributed by atoms with E-state index in [4.69, 9.17) is 5.73 Å². The van der Waals surface area contributed by atoms with E-state index in [0.717, 1.165) is 11.3 Å². The van der Waals surface area contributed by atoms with Crippen molar-refractivity contribution >= 4 is 5.91 Å². The predicted octanol–water partition coefficient (Wildman–Crippen LogP) is 1.47. The molecule has 0 aliphatic rings. The lowest BCUT2D eigenvalue weighted by molar-refractivity contribution is -0.123. The molecule has 3 N–H and O–H groups in total. The fraction of sp³-hybridized carbons (Fsp3) is 0.333. The van der Waals surface area contributed by atoms with Crippen LogP contribution in [0.5, 0.6) is 0 Å². The zero-order valence-electron chi connectivity index (χ0n) is 11.8. The molecule has 1 atom stereocenters. The van der Waals surface area contributed by atoms with Crippen molar-refractivity contribution < 1.29 is 4.79 Å². The van der Waals surface area contributed by atoms with Gasteiger partial charge >= 0.3 is 0 Å². The van der Waals surface area contributed by atoms with Crippen molar-refractivity contribution in [3.05, 3.63) is 48.3 Å². The molecule has 0 aliphatic carbocycles. The molecule has 106 valence electrons. The van der Waals surface area contributed by atoms with Crippen LogP contribution in [-0.2, 0) is 11.3 Å². The molecule has 0 radical (unpaired) electrons. The van der Waals surface area contributed by atoms with Crippen LogP contribution in [0.25, 0.3) is 5.69 Å². The average molecular weight is 272 g/mol. The number of benzene rings is 1. The Morgan fingerprint density at radius 2 is 2.05 bits per heavy atom. The first-order valence-electron chi connectivity index (χ1n) is 6.70. The monoisotopic (exact) mass is 272 g/mol. The minimum absolute atomic E-state index is 0.127. The van der Waals surface area contributed by atoms with E-state index in [2.05, 4.69) is 10.4 Å². The Bertz CT molecular complexity index is 562. The smallest absolute Gasteiger partial charge is 0.237 e. The van der Waals surface area contributed by atoms with Gasteiger partial charge in [0.25, 0.3) is 0 Å². The molecule has 2 aromatic rings. The summed E-state index contributed by atoms with van der Waals surface area (Å²) in [4.78, 5) is 11.8. The van der Waals surface area contributed by atoms with Crippen LogP contribution in [0.15, 0.2) is 42.7 Å². The van der Waals surface area contributed by atoms with Gasteiger partial charge in [-0.3, -0.25) is 4.79 Å². The lowest BCUT2D eigenvalue weighted by atomic mass is 10.1. The van der Waals surface area contributed by atoms with E-state index in [1.54, 1.807) is 10.9 Å². The number of para-hydroxylation sites is 1. The first-order valence-corrected chi connectivity index (χ1v) is 6.70. The summed E-state index contributed by atoms with van der Waals surface area (Å²) in [5.41, 5.74) is 7.72. The van der Waals surface area contributed by atoms with Gasteiger partial charge in [-0.25, -0.2) is 4.68 Å². The quantitative estimate of drug-likeness (QED) is 0.865. The molecule has 0 saturated heterocycles. The molecule has 20 heavy (non-hydrogen) atoms. The Morgan fingerprint density at radius 1 is 1.35 bits per heavy atom. The number of aromatic nitrogens is 2. The van der Waals surface area contributed by atoms with Crippen LogP contribution in [0.3, 0.4) is 0 Å². The molecule has 0 fully saturated rings. The second-order valence-electron chi connectivity index (χ2n) is 5.12. The molecule has 1 aromatic carbocycles. The van der Waals surface area contributed by atoms with Gasteiger partial charge in [-0.2, -0.15) is 5.10 Å². The van der Waals surface area contributed by atoms with Crippen molar-refractivity contribution in [3.8, 4) is 5.69 Å². The van der Waals surface area contributed by atoms with E-state index >= 15 is 0 Å². The summed E-state index contributed by atoms with van der Waals surface area (Å²) in [7, 11) is 0. The van der Waals surface area contributed by atoms with Crippen LogP contribution < -0.4 is 11.1 Å². The second kappa shape index (κ2) is 6.34. The van der Waals surface area contributed by atoms with Crippen LogP contribution in [0.1, 0.15) is 19.4 Å². The normalized spacial score (nSPS) is 12.4. The molecule has 0 saturated carbocycles. The SMILES string of the molecule is CC(C)[C@@H](N)C(=O)NCc1cnn(-c2ccccc2)c1. The third-order valence-electron chi connectivity index (χ3n) is 3.14. The van der Waals surface area contributed by atoms with Crippen LogP contribution >= 0.6 is 0 Å². The number of carbonyl (C=O) groups is 1. The third kappa shape index (κ3) is 3.45. The topological polar surface area (TPSA) is 72.9 Å². The van der Waals surface area contributed by atoms with E-state index in [-0.39, 0.29) is 11.8 Å². The van der Waals surface area contributed by atoms with E-state index in [0.29, 0.717) is 6.54 Å². The van der Waals surface area contributed by atoms with Gasteiger partial charge in [0, 0.05) is 18.3 Å². The molecule has 0 aliphatic heterocycles. The van der Waals surface area contributed by atoms with Crippen molar-refractivity contribution in [2.75, 3.05) is 0 Å². The minimum atomic E-state index is -0.473. The highest BCUT2D eigenvalue weighted by atomic mass is 16.2. The van der Waals surface area contributed by atoms with Crippen LogP contribution in [0.4, 0.5) is 0 Å². The number of nitrogens with two attached hydrogens (primary N) is 1. The number of rotatable bonds is 5. The zero-order chi connectivity index (χ0) is 14.5. The molecule has 1 aromatic heterocycles. The first kappa shape index (κ1) is 14.3. The molecular formula is C15H20N4O. The summed E-state index contributed by atoms with van der Waals surface area (Å²) in [6.45, 7) is 4.29. The Morgan fingerprint density at radius 3 is 2.70 bits per heavy atom. The highest BCUT2D eigenvalue weighted by Gasteiger charge is 2.16. The van der Waals surface area contributed by atoms with Gasteiger partial charge in [0.05, 0.1) is 17.9 Å². The van der Waals surface area contributed by atoms with Gasteiger partial charge in [0.1, 0.15) is 0 Å². The molecule has 0 unspecified atom stereocenters. The molecule has 1 amide bonds. The Labute approximate surface area is 118 Å². The molecule has 1 heterocycles. The summed E-state index contributed by atoms with van der Waals surface area (Å²) in [5.74, 6) is -0.00509. The Balaban J connectivity index is 1.96. The largest absolute Gasteiger partial charge is 0.351 e. The maximum absolute atomic E-state index is 11.8. The van der Waals surface area contributed by atoms with Gasteiger partial charge < -0.3 is 11.1 Å². The van der Waals surface area contributed by atoms with E-state index in [1.807, 2.05) is 50.4 Å². The number of nitrogens with one attached hydrogen (secondary N) is 1. The molecular weight excluding hydrogens is 252 g/mol. The maximum Gasteiger partial charge on any atom is 0.237 e. The molecule has 2 rings (SSSR count). The van der Waals surface area contributed by atoms with Crippen molar-refractivity contribution in [1.29, 1.82) is 0 Å². The number of carbonyl (C=O) groups excluding carboxylic acids is 1. The third-order valence-corrected chi connectivity index (χ3v) is 3.14. The van der Waals surface area contributed by atoms with Crippen LogP contribution in [0.2, 0.25) is 0 Å². The highest BCUT2D eigenvalue weighted by Crippen LogP contribution is 2.07. The number of hydrogen-bond donors (Lipinski definition) is 2. The standard InChI is InChI=1S/C15H20N4O/c1-11(2)14(16)15(20)17-8-12-9-18-19(10-12)13-6-4-3-5-7-13/h3-7,9-11,14H,8,16H2,1-2H3,(H,17,20)/t14-/m1/s1. The fourth-order valence-electron chi connectivity index (χ4n) is 1.78. The van der Waals surface area contributed by atoms with Gasteiger partial charge in [-0.1, -0.05) is 32.0 Å². The fourth-order valence-corrected chi connectivity index (χ4v) is 1.78. The Hall–Kier alpha value is -2.14. The van der Waals surface area contributed by atoms with E-state index < -0.39 is 6.04 Å².